The van der Waals surface area contributed by atoms with Crippen LogP contribution in [0.15, 0.2) is 54.9 Å². The fourth-order valence-electron chi connectivity index (χ4n) is 4.22. The van der Waals surface area contributed by atoms with Gasteiger partial charge in [0.2, 0.25) is 5.91 Å². The van der Waals surface area contributed by atoms with Gasteiger partial charge in [-0.1, -0.05) is 57.5 Å². The van der Waals surface area contributed by atoms with Gasteiger partial charge in [0, 0.05) is 32.6 Å². The molecule has 1 aromatic carbocycles. The Morgan fingerprint density at radius 1 is 1.07 bits per heavy atom. The maximum absolute atomic E-state index is 14.1. The highest BCUT2D eigenvalue weighted by Crippen LogP contribution is 2.13. The van der Waals surface area contributed by atoms with E-state index in [1.165, 1.54) is 30.5 Å². The van der Waals surface area contributed by atoms with Gasteiger partial charge in [-0.3, -0.25) is 19.4 Å². The van der Waals surface area contributed by atoms with E-state index in [2.05, 4.69) is 15.6 Å². The van der Waals surface area contributed by atoms with E-state index >= 15 is 0 Å². The van der Waals surface area contributed by atoms with Gasteiger partial charge in [-0.05, 0) is 30.0 Å². The minimum atomic E-state index is -3.75. The SMILES string of the molecule is CCCCS(=O)(=O)CC(NC(=O)c1cccnc1)C(=O)N(Cc1ccccc1)CC(O)C(OCCOC)C(=O)NCC(C)C. The molecule has 0 aliphatic carbocycles. The van der Waals surface area contributed by atoms with Crippen LogP contribution in [0.25, 0.3) is 0 Å². The first kappa shape index (κ1) is 36.8. The lowest BCUT2D eigenvalue weighted by molar-refractivity contribution is -0.147. The third-order valence-corrected chi connectivity index (χ3v) is 8.32. The molecule has 2 aromatic rings. The molecule has 0 saturated carbocycles. The molecule has 2 rings (SSSR count). The number of carbonyl (C=O) groups excluding carboxylic acids is 3. The number of unbranched alkanes of at least 4 members (excludes halogenated alkanes) is 1. The summed E-state index contributed by atoms with van der Waals surface area (Å²) < 4.78 is 36.8. The zero-order valence-corrected chi connectivity index (χ0v) is 26.8. The lowest BCUT2D eigenvalue weighted by Gasteiger charge is -2.32. The molecule has 0 bridgehead atoms. The van der Waals surface area contributed by atoms with Crippen molar-refractivity contribution in [1.82, 2.24) is 20.5 Å². The van der Waals surface area contributed by atoms with Gasteiger partial charge >= 0.3 is 0 Å². The monoisotopic (exact) mass is 634 g/mol. The van der Waals surface area contributed by atoms with Crippen LogP contribution in [0.1, 0.15) is 49.5 Å². The Balaban J connectivity index is 2.43. The summed E-state index contributed by atoms with van der Waals surface area (Å²) in [6.45, 7) is 5.83. The minimum Gasteiger partial charge on any atom is -0.388 e. The number of hydrogen-bond acceptors (Lipinski definition) is 9. The third-order valence-electron chi connectivity index (χ3n) is 6.57. The zero-order chi connectivity index (χ0) is 32.5. The summed E-state index contributed by atoms with van der Waals surface area (Å²) in [5.41, 5.74) is 0.847. The van der Waals surface area contributed by atoms with Crippen molar-refractivity contribution in [2.24, 2.45) is 5.92 Å². The second kappa shape index (κ2) is 19.1. The number of hydrogen-bond donors (Lipinski definition) is 3. The number of carbonyl (C=O) groups is 3. The lowest BCUT2D eigenvalue weighted by Crippen LogP contribution is -2.55. The van der Waals surface area contributed by atoms with Crippen LogP contribution in [0, 0.1) is 5.92 Å². The lowest BCUT2D eigenvalue weighted by atomic mass is 10.1. The predicted molar refractivity (Wildman–Crippen MR) is 166 cm³/mol. The topological polar surface area (TPSA) is 164 Å². The molecule has 3 atom stereocenters. The highest BCUT2D eigenvalue weighted by Gasteiger charge is 2.35. The van der Waals surface area contributed by atoms with E-state index in [4.69, 9.17) is 9.47 Å². The summed E-state index contributed by atoms with van der Waals surface area (Å²) >= 11 is 0. The van der Waals surface area contributed by atoms with E-state index in [-0.39, 0.29) is 43.5 Å². The predicted octanol–water partition coefficient (Wildman–Crippen LogP) is 1.59. The molecule has 3 N–H and O–H groups in total. The Hall–Kier alpha value is -3.39. The van der Waals surface area contributed by atoms with Crippen molar-refractivity contribution < 1.29 is 37.4 Å². The summed E-state index contributed by atoms with van der Waals surface area (Å²) in [5, 5.41) is 16.6. The number of nitrogens with zero attached hydrogens (tertiary/aromatic N) is 2. The molecular formula is C31H46N4O8S. The van der Waals surface area contributed by atoms with Crippen molar-refractivity contribution in [3.05, 3.63) is 66.0 Å². The summed E-state index contributed by atoms with van der Waals surface area (Å²) in [6.07, 6.45) is 1.00. The number of ether oxygens (including phenoxy) is 2. The highest BCUT2D eigenvalue weighted by atomic mass is 32.2. The van der Waals surface area contributed by atoms with Crippen LogP contribution < -0.4 is 10.6 Å². The number of amides is 3. The van der Waals surface area contributed by atoms with Crippen LogP contribution in [0.3, 0.4) is 0 Å². The average Bonchev–Trinajstić information content (AvgIpc) is 3.00. The number of rotatable bonds is 20. The number of methoxy groups -OCH3 is 1. The molecule has 3 unspecified atom stereocenters. The summed E-state index contributed by atoms with van der Waals surface area (Å²) in [7, 11) is -2.28. The number of aromatic nitrogens is 1. The number of aliphatic hydroxyl groups is 1. The second-order valence-electron chi connectivity index (χ2n) is 10.9. The molecule has 12 nitrogen and oxygen atoms in total. The van der Waals surface area contributed by atoms with Crippen molar-refractivity contribution in [3.63, 3.8) is 0 Å². The molecule has 0 aliphatic heterocycles. The molecule has 1 aromatic heterocycles. The Morgan fingerprint density at radius 3 is 2.41 bits per heavy atom. The van der Waals surface area contributed by atoms with Gasteiger partial charge in [0.25, 0.3) is 11.8 Å². The quantitative estimate of drug-likeness (QED) is 0.184. The van der Waals surface area contributed by atoms with Gasteiger partial charge < -0.3 is 30.1 Å². The standard InChI is InChI=1S/C31H46N4O8S/c1-5-6-17-44(40,41)22-26(34-29(37)25-13-10-14-32-19-25)31(39)35(20-24-11-8-7-9-12-24)21-27(36)28(43-16-15-42-4)30(38)33-18-23(2)3/h7-14,19,23,26-28,36H,5-6,15-18,20-22H2,1-4H3,(H,33,38)(H,34,37). The average molecular weight is 635 g/mol. The Labute approximate surface area is 260 Å². The van der Waals surface area contributed by atoms with Crippen LogP contribution in [-0.2, 0) is 35.4 Å². The molecule has 0 aliphatic rings. The first-order valence-corrected chi connectivity index (χ1v) is 16.6. The molecule has 0 radical (unpaired) electrons. The molecular weight excluding hydrogens is 588 g/mol. The van der Waals surface area contributed by atoms with Gasteiger partial charge in [0.05, 0.1) is 36.8 Å². The fourth-order valence-corrected chi connectivity index (χ4v) is 5.85. The van der Waals surface area contributed by atoms with Crippen molar-refractivity contribution in [2.75, 3.05) is 44.9 Å². The molecule has 44 heavy (non-hydrogen) atoms. The maximum Gasteiger partial charge on any atom is 0.253 e. The van der Waals surface area contributed by atoms with Crippen molar-refractivity contribution in [2.45, 2.75) is 58.4 Å². The molecule has 244 valence electrons. The summed E-state index contributed by atoms with van der Waals surface area (Å²) in [4.78, 5) is 45.4. The normalized spacial score (nSPS) is 13.6. The summed E-state index contributed by atoms with van der Waals surface area (Å²) in [6, 6.07) is 10.5. The van der Waals surface area contributed by atoms with Gasteiger partial charge in [0.1, 0.15) is 12.1 Å². The number of pyridine rings is 1. The number of sulfone groups is 1. The van der Waals surface area contributed by atoms with Gasteiger partial charge in [0.15, 0.2) is 15.9 Å². The molecule has 1 heterocycles. The molecule has 0 fully saturated rings. The van der Waals surface area contributed by atoms with Crippen molar-refractivity contribution in [1.29, 1.82) is 0 Å². The molecule has 13 heteroatoms. The first-order chi connectivity index (χ1) is 21.0. The van der Waals surface area contributed by atoms with Crippen molar-refractivity contribution in [3.8, 4) is 0 Å². The maximum atomic E-state index is 14.1. The third kappa shape index (κ3) is 13.1. The number of aliphatic hydroxyl groups excluding tert-OH is 1. The summed E-state index contributed by atoms with van der Waals surface area (Å²) in [5.74, 6) is -2.60. The second-order valence-corrected chi connectivity index (χ2v) is 13.2. The first-order valence-electron chi connectivity index (χ1n) is 14.8. The van der Waals surface area contributed by atoms with E-state index in [1.54, 1.807) is 36.4 Å². The molecule has 0 spiro atoms. The van der Waals surface area contributed by atoms with Gasteiger partial charge in [-0.15, -0.1) is 0 Å². The van der Waals surface area contributed by atoms with E-state index in [9.17, 15) is 27.9 Å². The van der Waals surface area contributed by atoms with Crippen LogP contribution in [0.5, 0.6) is 0 Å². The van der Waals surface area contributed by atoms with Crippen LogP contribution in [0.4, 0.5) is 0 Å². The van der Waals surface area contributed by atoms with E-state index in [0.29, 0.717) is 24.9 Å². The minimum absolute atomic E-state index is 0.0133. The van der Waals surface area contributed by atoms with Crippen LogP contribution in [-0.4, -0.2) is 104 Å². The van der Waals surface area contributed by atoms with Crippen molar-refractivity contribution >= 4 is 27.6 Å². The zero-order valence-electron chi connectivity index (χ0n) is 26.0. The number of benzene rings is 1. The van der Waals surface area contributed by atoms with Crippen LogP contribution >= 0.6 is 0 Å². The van der Waals surface area contributed by atoms with Gasteiger partial charge in [-0.2, -0.15) is 0 Å². The van der Waals surface area contributed by atoms with Crippen LogP contribution in [0.2, 0.25) is 0 Å². The Morgan fingerprint density at radius 2 is 1.80 bits per heavy atom. The van der Waals surface area contributed by atoms with E-state index in [0.717, 1.165) is 0 Å². The largest absolute Gasteiger partial charge is 0.388 e. The van der Waals surface area contributed by atoms with E-state index in [1.807, 2.05) is 20.8 Å². The fraction of sp³-hybridized carbons (Fsp3) is 0.548. The molecule has 0 saturated heterocycles. The Kier molecular flexibility index (Phi) is 16.0. The van der Waals surface area contributed by atoms with E-state index < -0.39 is 51.6 Å². The highest BCUT2D eigenvalue weighted by molar-refractivity contribution is 7.91. The number of nitrogens with one attached hydrogen (secondary N) is 2. The smallest absolute Gasteiger partial charge is 0.253 e. The Bertz CT molecular complexity index is 1260. The molecule has 3 amide bonds. The van der Waals surface area contributed by atoms with Gasteiger partial charge in [-0.25, -0.2) is 8.42 Å².